The van der Waals surface area contributed by atoms with Gasteiger partial charge in [-0.15, -0.1) is 0 Å². The quantitative estimate of drug-likeness (QED) is 0.576. The Balaban J connectivity index is 1.56. The van der Waals surface area contributed by atoms with Gasteiger partial charge in [0.15, 0.2) is 0 Å². The summed E-state index contributed by atoms with van der Waals surface area (Å²) < 4.78 is 77.7. The molecule has 2 aliphatic heterocycles. The van der Waals surface area contributed by atoms with Crippen molar-refractivity contribution >= 4 is 17.5 Å². The van der Waals surface area contributed by atoms with Crippen molar-refractivity contribution in [1.82, 2.24) is 15.1 Å². The third kappa shape index (κ3) is 6.17. The van der Waals surface area contributed by atoms with Gasteiger partial charge < -0.3 is 15.1 Å². The number of carbonyl (C=O) groups is 2. The van der Waals surface area contributed by atoms with E-state index < -0.39 is 48.4 Å². The second-order valence-corrected chi connectivity index (χ2v) is 9.31. The minimum atomic E-state index is -4.61. The number of anilines is 1. The lowest BCUT2D eigenvalue weighted by molar-refractivity contribution is -0.142. The van der Waals surface area contributed by atoms with Gasteiger partial charge in [-0.1, -0.05) is 36.4 Å². The molecule has 2 fully saturated rings. The van der Waals surface area contributed by atoms with Crippen molar-refractivity contribution in [3.63, 3.8) is 0 Å². The van der Waals surface area contributed by atoms with E-state index in [0.717, 1.165) is 22.6 Å². The van der Waals surface area contributed by atoms with Gasteiger partial charge in [0.2, 0.25) is 11.8 Å². The van der Waals surface area contributed by atoms with Crippen molar-refractivity contribution in [3.05, 3.63) is 65.7 Å². The number of nitrogens with one attached hydrogen (secondary N) is 1. The highest BCUT2D eigenvalue weighted by atomic mass is 19.4. The number of rotatable bonds is 6. The van der Waals surface area contributed by atoms with E-state index >= 15 is 0 Å². The molecule has 0 atom stereocenters. The minimum Gasteiger partial charge on any atom is -0.345 e. The number of hydrogen-bond acceptors (Lipinski definition) is 4. The molecule has 2 heterocycles. The number of piperidine rings is 1. The molecule has 4 rings (SSSR count). The van der Waals surface area contributed by atoms with Crippen LogP contribution in [0.2, 0.25) is 0 Å². The van der Waals surface area contributed by atoms with E-state index in [2.05, 4.69) is 4.90 Å². The van der Waals surface area contributed by atoms with Gasteiger partial charge in [0.25, 0.3) is 0 Å². The summed E-state index contributed by atoms with van der Waals surface area (Å²) in [5.41, 5.74) is -0.843. The van der Waals surface area contributed by atoms with Crippen LogP contribution in [0.3, 0.4) is 0 Å². The molecule has 200 valence electrons. The smallest absolute Gasteiger partial charge is 0.345 e. The number of nitrogens with zero attached hydrogens (tertiary/aromatic N) is 3. The molecule has 0 aliphatic carbocycles. The van der Waals surface area contributed by atoms with Crippen molar-refractivity contribution in [1.29, 1.82) is 0 Å². The molecule has 1 spiro atoms. The number of hydrogen-bond donors (Lipinski definition) is 1. The van der Waals surface area contributed by atoms with E-state index in [-0.39, 0.29) is 25.2 Å². The number of alkyl halides is 6. The summed E-state index contributed by atoms with van der Waals surface area (Å²) in [5, 5.41) is 1.75. The summed E-state index contributed by atoms with van der Waals surface area (Å²) in [4.78, 5) is 30.6. The second kappa shape index (κ2) is 10.2. The number of benzene rings is 2. The molecule has 37 heavy (non-hydrogen) atoms. The van der Waals surface area contributed by atoms with E-state index in [4.69, 9.17) is 0 Å². The Morgan fingerprint density at radius 2 is 1.62 bits per heavy atom. The summed E-state index contributed by atoms with van der Waals surface area (Å²) in [6.07, 6.45) is -8.63. The maximum Gasteiger partial charge on any atom is 0.416 e. The summed E-state index contributed by atoms with van der Waals surface area (Å²) in [5.74, 6) is -1.47. The number of likely N-dealkylation sites (tertiary alicyclic amines) is 1. The summed E-state index contributed by atoms with van der Waals surface area (Å²) in [6, 6.07) is 14.3. The lowest BCUT2D eigenvalue weighted by Gasteiger charge is -2.43. The average Bonchev–Trinajstić information content (AvgIpc) is 3.10. The molecule has 2 amide bonds. The highest BCUT2D eigenvalue weighted by Gasteiger charge is 2.54. The van der Waals surface area contributed by atoms with Gasteiger partial charge in [-0.25, -0.2) is 0 Å². The first kappa shape index (κ1) is 26.8. The molecule has 0 bridgehead atoms. The summed E-state index contributed by atoms with van der Waals surface area (Å²) >= 11 is 0. The SMILES string of the molecule is O=C(CN1CN(c2cccc(C(F)(F)F)c2)C2(CCN(Cc3ccccc3)CC2)C1=O)NCC(F)(F)F. The Morgan fingerprint density at radius 3 is 2.24 bits per heavy atom. The Morgan fingerprint density at radius 1 is 0.946 bits per heavy atom. The number of halogens is 6. The van der Waals surface area contributed by atoms with Gasteiger partial charge in [0, 0.05) is 25.3 Å². The van der Waals surface area contributed by atoms with Crippen molar-refractivity contribution in [3.8, 4) is 0 Å². The fraction of sp³-hybridized carbons (Fsp3) is 0.440. The van der Waals surface area contributed by atoms with Gasteiger partial charge in [0.05, 0.1) is 12.2 Å². The maximum absolute atomic E-state index is 13.6. The zero-order valence-corrected chi connectivity index (χ0v) is 19.8. The zero-order chi connectivity index (χ0) is 26.8. The molecule has 2 saturated heterocycles. The minimum absolute atomic E-state index is 0.165. The molecular formula is C25H26F6N4O2. The zero-order valence-electron chi connectivity index (χ0n) is 19.8. The average molecular weight is 528 g/mol. The second-order valence-electron chi connectivity index (χ2n) is 9.31. The Bertz CT molecular complexity index is 1110. The van der Waals surface area contributed by atoms with Gasteiger partial charge >= 0.3 is 12.4 Å². The lowest BCUT2D eigenvalue weighted by atomic mass is 9.85. The molecule has 2 aliphatic rings. The predicted octanol–water partition coefficient (Wildman–Crippen LogP) is 4.02. The number of carbonyl (C=O) groups excluding carboxylic acids is 2. The molecule has 0 saturated carbocycles. The third-order valence-electron chi connectivity index (χ3n) is 6.75. The Kier molecular flexibility index (Phi) is 7.40. The van der Waals surface area contributed by atoms with Crippen LogP contribution in [0.4, 0.5) is 32.0 Å². The van der Waals surface area contributed by atoms with Crippen LogP contribution in [0.5, 0.6) is 0 Å². The lowest BCUT2D eigenvalue weighted by Crippen LogP contribution is -2.56. The van der Waals surface area contributed by atoms with Crippen LogP contribution in [0.15, 0.2) is 54.6 Å². The third-order valence-corrected chi connectivity index (χ3v) is 6.75. The molecule has 12 heteroatoms. The molecule has 0 aromatic heterocycles. The topological polar surface area (TPSA) is 55.9 Å². The van der Waals surface area contributed by atoms with Crippen LogP contribution >= 0.6 is 0 Å². The van der Waals surface area contributed by atoms with Crippen LogP contribution in [-0.2, 0) is 22.3 Å². The van der Waals surface area contributed by atoms with Crippen molar-refractivity contribution in [2.45, 2.75) is 37.3 Å². The molecule has 1 N–H and O–H groups in total. The van der Waals surface area contributed by atoms with Crippen LogP contribution in [-0.4, -0.2) is 66.2 Å². The summed E-state index contributed by atoms with van der Waals surface area (Å²) in [6.45, 7) is -0.782. The van der Waals surface area contributed by atoms with Gasteiger partial charge in [-0.2, -0.15) is 26.3 Å². The Labute approximate surface area is 209 Å². The fourth-order valence-electron chi connectivity index (χ4n) is 4.92. The molecule has 2 aromatic rings. The normalized spacial score (nSPS) is 18.5. The van der Waals surface area contributed by atoms with Crippen molar-refractivity contribution in [2.24, 2.45) is 0 Å². The van der Waals surface area contributed by atoms with Gasteiger partial charge in [-0.3, -0.25) is 14.5 Å². The largest absolute Gasteiger partial charge is 0.416 e. The molecule has 0 unspecified atom stereocenters. The standard InChI is InChI=1S/C25H26F6N4O2/c26-24(27,28)16-32-21(36)15-34-17-35(20-8-4-7-19(13-20)25(29,30)31)23(22(34)37)9-11-33(12-10-23)14-18-5-2-1-3-6-18/h1-8,13H,9-12,14-17H2,(H,32,36). The monoisotopic (exact) mass is 528 g/mol. The van der Waals surface area contributed by atoms with E-state index in [0.29, 0.717) is 19.6 Å². The van der Waals surface area contributed by atoms with E-state index in [9.17, 15) is 35.9 Å². The maximum atomic E-state index is 13.6. The van der Waals surface area contributed by atoms with E-state index in [1.54, 1.807) is 10.2 Å². The van der Waals surface area contributed by atoms with Gasteiger partial charge in [0.1, 0.15) is 18.6 Å². The highest BCUT2D eigenvalue weighted by molar-refractivity contribution is 5.96. The van der Waals surface area contributed by atoms with Crippen LogP contribution < -0.4 is 10.2 Å². The first-order valence-corrected chi connectivity index (χ1v) is 11.7. The number of amides is 2. The Hall–Kier alpha value is -3.28. The van der Waals surface area contributed by atoms with Crippen LogP contribution in [0, 0.1) is 0 Å². The van der Waals surface area contributed by atoms with E-state index in [1.165, 1.54) is 12.1 Å². The molecule has 6 nitrogen and oxygen atoms in total. The first-order chi connectivity index (χ1) is 17.4. The molecule has 2 aromatic carbocycles. The molecule has 0 radical (unpaired) electrons. The highest BCUT2D eigenvalue weighted by Crippen LogP contribution is 2.41. The van der Waals surface area contributed by atoms with Gasteiger partial charge in [-0.05, 0) is 36.6 Å². The molecular weight excluding hydrogens is 502 g/mol. The van der Waals surface area contributed by atoms with E-state index in [1.807, 2.05) is 30.3 Å². The first-order valence-electron chi connectivity index (χ1n) is 11.7. The van der Waals surface area contributed by atoms with Crippen molar-refractivity contribution in [2.75, 3.05) is 37.7 Å². The van der Waals surface area contributed by atoms with Crippen LogP contribution in [0.1, 0.15) is 24.0 Å². The van der Waals surface area contributed by atoms with Crippen LogP contribution in [0.25, 0.3) is 0 Å². The van der Waals surface area contributed by atoms with Crippen molar-refractivity contribution < 1.29 is 35.9 Å². The predicted molar refractivity (Wildman–Crippen MR) is 123 cm³/mol. The summed E-state index contributed by atoms with van der Waals surface area (Å²) in [7, 11) is 0. The fourth-order valence-corrected chi connectivity index (χ4v) is 4.92.